The van der Waals surface area contributed by atoms with E-state index in [0.29, 0.717) is 0 Å². The minimum atomic E-state index is -4.10. The van der Waals surface area contributed by atoms with Crippen molar-refractivity contribution in [3.63, 3.8) is 0 Å². The predicted molar refractivity (Wildman–Crippen MR) is 79.7 cm³/mol. The molecule has 0 radical (unpaired) electrons. The number of esters is 2. The molecule has 0 bridgehead atoms. The van der Waals surface area contributed by atoms with Crippen molar-refractivity contribution < 1.29 is 44.3 Å². The molecule has 1 rings (SSSR count). The molecule has 140 valence electrons. The van der Waals surface area contributed by atoms with Gasteiger partial charge in [-0.25, -0.2) is 0 Å². The van der Waals surface area contributed by atoms with Crippen LogP contribution in [0.25, 0.3) is 0 Å². The van der Waals surface area contributed by atoms with E-state index >= 15 is 0 Å². The summed E-state index contributed by atoms with van der Waals surface area (Å²) in [6, 6.07) is 0. The van der Waals surface area contributed by atoms with Gasteiger partial charge in [-0.15, -0.1) is 0 Å². The summed E-state index contributed by atoms with van der Waals surface area (Å²) in [4.78, 5) is 24.1. The molecule has 1 saturated carbocycles. The van der Waals surface area contributed by atoms with Crippen LogP contribution in [0.2, 0.25) is 0 Å². The first-order valence-electron chi connectivity index (χ1n) is 6.68. The molecule has 0 spiro atoms. The number of hydrogen-bond acceptors (Lipinski definition) is 10. The van der Waals surface area contributed by atoms with Gasteiger partial charge in [-0.2, -0.15) is 16.8 Å². The van der Waals surface area contributed by atoms with Crippen molar-refractivity contribution >= 4 is 32.2 Å². The second kappa shape index (κ2) is 6.94. The van der Waals surface area contributed by atoms with Crippen LogP contribution >= 0.6 is 0 Å². The molecule has 0 saturated heterocycles. The van der Waals surface area contributed by atoms with Crippen LogP contribution in [0.1, 0.15) is 13.3 Å². The van der Waals surface area contributed by atoms with E-state index in [-0.39, 0.29) is 6.42 Å². The Kier molecular flexibility index (Phi) is 6.02. The molecule has 0 aromatic carbocycles. The van der Waals surface area contributed by atoms with E-state index in [1.165, 1.54) is 6.92 Å². The van der Waals surface area contributed by atoms with Gasteiger partial charge in [-0.1, -0.05) is 0 Å². The van der Waals surface area contributed by atoms with Crippen molar-refractivity contribution in [2.75, 3.05) is 26.7 Å². The lowest BCUT2D eigenvalue weighted by molar-refractivity contribution is -0.157. The van der Waals surface area contributed by atoms with Crippen molar-refractivity contribution in [1.29, 1.82) is 0 Å². The minimum Gasteiger partial charge on any atom is -0.469 e. The third-order valence-corrected chi connectivity index (χ3v) is 4.82. The number of hydrogen-bond donors (Lipinski definition) is 0. The average molecular weight is 388 g/mol. The molecule has 12 heteroatoms. The van der Waals surface area contributed by atoms with Gasteiger partial charge in [0.05, 0.1) is 38.1 Å². The van der Waals surface area contributed by atoms with Crippen molar-refractivity contribution in [2.24, 2.45) is 11.3 Å². The summed E-state index contributed by atoms with van der Waals surface area (Å²) in [5, 5.41) is 0. The molecule has 0 aromatic heterocycles. The van der Waals surface area contributed by atoms with Gasteiger partial charge in [0, 0.05) is 0 Å². The molecule has 0 amide bonds. The molecule has 0 heterocycles. The fraction of sp³-hybridized carbons (Fsp3) is 0.833. The summed E-state index contributed by atoms with van der Waals surface area (Å²) in [6.07, 6.45) is -1.96. The second-order valence-corrected chi connectivity index (χ2v) is 8.93. The molecule has 0 unspecified atom stereocenters. The van der Waals surface area contributed by atoms with Crippen molar-refractivity contribution in [3.8, 4) is 0 Å². The quantitative estimate of drug-likeness (QED) is 0.413. The Morgan fingerprint density at radius 1 is 0.958 bits per heavy atom. The lowest BCUT2D eigenvalue weighted by Gasteiger charge is -2.29. The van der Waals surface area contributed by atoms with Gasteiger partial charge in [0.15, 0.2) is 0 Å². The van der Waals surface area contributed by atoms with Gasteiger partial charge in [0.1, 0.15) is 12.2 Å². The van der Waals surface area contributed by atoms with E-state index < -0.39 is 55.7 Å². The van der Waals surface area contributed by atoms with Crippen LogP contribution in [0, 0.1) is 11.3 Å². The van der Waals surface area contributed by atoms with Gasteiger partial charge in [0.25, 0.3) is 20.2 Å². The van der Waals surface area contributed by atoms with Crippen LogP contribution in [0.4, 0.5) is 0 Å². The van der Waals surface area contributed by atoms with E-state index in [9.17, 15) is 26.4 Å². The Balaban J connectivity index is 3.47. The lowest BCUT2D eigenvalue weighted by Crippen LogP contribution is -2.45. The second-order valence-electron chi connectivity index (χ2n) is 5.73. The maximum atomic E-state index is 12.1. The standard InChI is InChI=1S/C12H20O10S2/c1-12(11(14)20-3)6-7(10(13)19-2)8(21-23(4,15)16)9(12)22-24(5,17)18/h7-9H,6H2,1-5H3/t7-,8-,9-,12+/m0/s1. The molecule has 10 nitrogen and oxygen atoms in total. The van der Waals surface area contributed by atoms with Crippen LogP contribution in [-0.4, -0.2) is 67.7 Å². The van der Waals surface area contributed by atoms with E-state index in [2.05, 4.69) is 9.47 Å². The molecule has 0 N–H and O–H groups in total. The van der Waals surface area contributed by atoms with Crippen molar-refractivity contribution in [2.45, 2.75) is 25.6 Å². The fourth-order valence-corrected chi connectivity index (χ4v) is 4.07. The summed E-state index contributed by atoms with van der Waals surface area (Å²) in [7, 11) is -6.05. The van der Waals surface area contributed by atoms with Gasteiger partial charge in [0.2, 0.25) is 0 Å². The lowest BCUT2D eigenvalue weighted by atomic mass is 9.86. The number of methoxy groups -OCH3 is 2. The van der Waals surface area contributed by atoms with Crippen LogP contribution in [-0.2, 0) is 47.7 Å². The number of ether oxygens (including phenoxy) is 2. The highest BCUT2D eigenvalue weighted by Crippen LogP contribution is 2.47. The van der Waals surface area contributed by atoms with Crippen molar-refractivity contribution in [3.05, 3.63) is 0 Å². The third kappa shape index (κ3) is 4.65. The van der Waals surface area contributed by atoms with Crippen LogP contribution in [0.3, 0.4) is 0 Å². The molecule has 0 aliphatic heterocycles. The molecular formula is C12H20O10S2. The molecule has 4 atom stereocenters. The Hall–Kier alpha value is -1.24. The number of rotatable bonds is 6. The zero-order valence-electron chi connectivity index (χ0n) is 13.8. The number of carbonyl (C=O) groups is 2. The molecule has 1 aliphatic carbocycles. The molecule has 0 aromatic rings. The van der Waals surface area contributed by atoms with E-state index in [1.54, 1.807) is 0 Å². The smallest absolute Gasteiger partial charge is 0.314 e. The fourth-order valence-electron chi connectivity index (χ4n) is 2.73. The monoisotopic (exact) mass is 388 g/mol. The molecule has 1 aliphatic rings. The summed E-state index contributed by atoms with van der Waals surface area (Å²) in [5.41, 5.74) is -1.63. The van der Waals surface area contributed by atoms with Gasteiger partial charge in [-0.05, 0) is 13.3 Å². The first-order chi connectivity index (χ1) is 10.7. The Morgan fingerprint density at radius 3 is 1.83 bits per heavy atom. The Morgan fingerprint density at radius 2 is 1.46 bits per heavy atom. The van der Waals surface area contributed by atoms with Gasteiger partial charge in [-0.3, -0.25) is 18.0 Å². The zero-order chi connectivity index (χ0) is 18.9. The summed E-state index contributed by atoms with van der Waals surface area (Å²) < 4.78 is 65.1. The minimum absolute atomic E-state index is 0.271. The van der Waals surface area contributed by atoms with Crippen molar-refractivity contribution in [1.82, 2.24) is 0 Å². The molecule has 24 heavy (non-hydrogen) atoms. The molecule has 1 fully saturated rings. The van der Waals surface area contributed by atoms with E-state index in [0.717, 1.165) is 26.7 Å². The summed E-state index contributed by atoms with van der Waals surface area (Å²) >= 11 is 0. The normalized spacial score (nSPS) is 30.8. The topological polar surface area (TPSA) is 139 Å². The highest BCUT2D eigenvalue weighted by Gasteiger charge is 2.62. The Bertz CT molecular complexity index is 710. The largest absolute Gasteiger partial charge is 0.469 e. The average Bonchev–Trinajstić information content (AvgIpc) is 2.69. The maximum Gasteiger partial charge on any atom is 0.314 e. The first-order valence-corrected chi connectivity index (χ1v) is 10.3. The Labute approximate surface area is 140 Å². The van der Waals surface area contributed by atoms with E-state index in [4.69, 9.17) is 8.37 Å². The third-order valence-electron chi connectivity index (χ3n) is 3.69. The number of carbonyl (C=O) groups excluding carboxylic acids is 2. The van der Waals surface area contributed by atoms with E-state index in [1.807, 2.05) is 0 Å². The van der Waals surface area contributed by atoms with Crippen LogP contribution in [0.5, 0.6) is 0 Å². The predicted octanol–water partition coefficient (Wildman–Crippen LogP) is -0.952. The van der Waals surface area contributed by atoms with Gasteiger partial charge < -0.3 is 9.47 Å². The van der Waals surface area contributed by atoms with Crippen LogP contribution in [0.15, 0.2) is 0 Å². The molecular weight excluding hydrogens is 368 g/mol. The van der Waals surface area contributed by atoms with Gasteiger partial charge >= 0.3 is 11.9 Å². The summed E-state index contributed by atoms with van der Waals surface area (Å²) in [5.74, 6) is -2.97. The first kappa shape index (κ1) is 20.8. The zero-order valence-corrected chi connectivity index (χ0v) is 15.5. The maximum absolute atomic E-state index is 12.1. The highest BCUT2D eigenvalue weighted by molar-refractivity contribution is 7.86. The summed E-state index contributed by atoms with van der Waals surface area (Å²) in [6.45, 7) is 1.30. The van der Waals surface area contributed by atoms with Crippen LogP contribution < -0.4 is 0 Å². The highest BCUT2D eigenvalue weighted by atomic mass is 32.2. The SMILES string of the molecule is COC(=O)[C@H]1C[C@@](C)(C(=O)OC)[C@@H](OS(C)(=O)=O)[C@H]1OS(C)(=O)=O.